The third-order valence-electron chi connectivity index (χ3n) is 1.90. The molecule has 0 unspecified atom stereocenters. The molecule has 78 valence electrons. The van der Waals surface area contributed by atoms with Crippen molar-refractivity contribution in [3.8, 4) is 5.75 Å². The van der Waals surface area contributed by atoms with Crippen LogP contribution in [0.1, 0.15) is 5.76 Å². The van der Waals surface area contributed by atoms with Crippen LogP contribution in [0.3, 0.4) is 0 Å². The number of halogens is 1. The molecule has 0 aliphatic carbocycles. The molecule has 1 heterocycles. The van der Waals surface area contributed by atoms with Crippen molar-refractivity contribution in [1.29, 1.82) is 0 Å². The van der Waals surface area contributed by atoms with Crippen LogP contribution in [0.4, 0.5) is 10.1 Å². The lowest BCUT2D eigenvalue weighted by Gasteiger charge is -2.04. The van der Waals surface area contributed by atoms with Gasteiger partial charge < -0.3 is 14.8 Å². The highest BCUT2D eigenvalue weighted by Crippen LogP contribution is 2.19. The van der Waals surface area contributed by atoms with Crippen LogP contribution in [0, 0.1) is 5.82 Å². The molecule has 0 fully saturated rings. The minimum Gasteiger partial charge on any atom is -0.505 e. The maximum atomic E-state index is 12.9. The van der Waals surface area contributed by atoms with Crippen molar-refractivity contribution in [2.45, 2.75) is 6.54 Å². The zero-order chi connectivity index (χ0) is 10.7. The minimum absolute atomic E-state index is 0.361. The van der Waals surface area contributed by atoms with E-state index >= 15 is 0 Å². The number of phenolic OH excluding ortho intramolecular Hbond substituents is 1. The van der Waals surface area contributed by atoms with E-state index in [9.17, 15) is 4.39 Å². The Morgan fingerprint density at radius 3 is 3.00 bits per heavy atom. The van der Waals surface area contributed by atoms with E-state index in [0.29, 0.717) is 18.0 Å². The summed E-state index contributed by atoms with van der Waals surface area (Å²) >= 11 is 0. The van der Waals surface area contributed by atoms with E-state index in [0.717, 1.165) is 0 Å². The summed E-state index contributed by atoms with van der Waals surface area (Å²) in [5, 5.41) is 11.9. The summed E-state index contributed by atoms with van der Waals surface area (Å²) < 4.78 is 17.9. The van der Waals surface area contributed by atoms with Gasteiger partial charge in [-0.1, -0.05) is 0 Å². The number of benzene rings is 1. The SMILES string of the molecule is Oc1ccc(NCc2cnco2)cc1F. The fourth-order valence-corrected chi connectivity index (χ4v) is 1.14. The highest BCUT2D eigenvalue weighted by molar-refractivity contribution is 5.46. The number of hydrogen-bond donors (Lipinski definition) is 2. The van der Waals surface area contributed by atoms with E-state index in [1.54, 1.807) is 12.3 Å². The van der Waals surface area contributed by atoms with Gasteiger partial charge in [-0.25, -0.2) is 9.37 Å². The third-order valence-corrected chi connectivity index (χ3v) is 1.90. The van der Waals surface area contributed by atoms with Gasteiger partial charge >= 0.3 is 0 Å². The zero-order valence-corrected chi connectivity index (χ0v) is 7.77. The van der Waals surface area contributed by atoms with Crippen LogP contribution in [-0.4, -0.2) is 10.1 Å². The molecule has 2 aromatic rings. The van der Waals surface area contributed by atoms with Crippen LogP contribution in [0.5, 0.6) is 5.75 Å². The van der Waals surface area contributed by atoms with Crippen molar-refractivity contribution in [2.75, 3.05) is 5.32 Å². The first-order chi connectivity index (χ1) is 7.25. The average Bonchev–Trinajstić information content (AvgIpc) is 2.73. The summed E-state index contributed by atoms with van der Waals surface area (Å²) in [6, 6.07) is 4.08. The molecule has 0 radical (unpaired) electrons. The van der Waals surface area contributed by atoms with Crippen LogP contribution < -0.4 is 5.32 Å². The molecule has 2 N–H and O–H groups in total. The van der Waals surface area contributed by atoms with Gasteiger partial charge in [0.05, 0.1) is 12.7 Å². The molecule has 1 aromatic heterocycles. The number of aromatic nitrogens is 1. The van der Waals surface area contributed by atoms with E-state index in [4.69, 9.17) is 9.52 Å². The molecule has 4 nitrogen and oxygen atoms in total. The number of phenols is 1. The summed E-state index contributed by atoms with van der Waals surface area (Å²) in [6.07, 6.45) is 2.90. The molecule has 5 heteroatoms. The van der Waals surface area contributed by atoms with Gasteiger partial charge in [0.25, 0.3) is 0 Å². The quantitative estimate of drug-likeness (QED) is 0.758. The number of nitrogens with zero attached hydrogens (tertiary/aromatic N) is 1. The second-order valence-electron chi connectivity index (χ2n) is 2.99. The van der Waals surface area contributed by atoms with Crippen LogP contribution in [-0.2, 0) is 6.54 Å². The second-order valence-corrected chi connectivity index (χ2v) is 2.99. The molecule has 1 aromatic carbocycles. The molecule has 0 spiro atoms. The number of aromatic hydroxyl groups is 1. The Morgan fingerprint density at radius 2 is 2.33 bits per heavy atom. The summed E-state index contributed by atoms with van der Waals surface area (Å²) in [5.41, 5.74) is 0.571. The van der Waals surface area contributed by atoms with Gasteiger partial charge in [0.2, 0.25) is 0 Å². The smallest absolute Gasteiger partial charge is 0.180 e. The average molecular weight is 208 g/mol. The monoisotopic (exact) mass is 208 g/mol. The molecule has 15 heavy (non-hydrogen) atoms. The highest BCUT2D eigenvalue weighted by Gasteiger charge is 2.02. The maximum absolute atomic E-state index is 12.9. The van der Waals surface area contributed by atoms with Gasteiger partial charge in [0.1, 0.15) is 5.76 Å². The predicted molar refractivity (Wildman–Crippen MR) is 51.9 cm³/mol. The Hall–Kier alpha value is -2.04. The van der Waals surface area contributed by atoms with Crippen LogP contribution in [0.25, 0.3) is 0 Å². The summed E-state index contributed by atoms with van der Waals surface area (Å²) in [5.74, 6) is -0.360. The second kappa shape index (κ2) is 4.00. The number of rotatable bonds is 3. The number of anilines is 1. The molecular weight excluding hydrogens is 199 g/mol. The molecular formula is C10H9FN2O2. The molecule has 0 bridgehead atoms. The van der Waals surface area contributed by atoms with E-state index in [2.05, 4.69) is 10.3 Å². The minimum atomic E-state index is -0.655. The fourth-order valence-electron chi connectivity index (χ4n) is 1.14. The van der Waals surface area contributed by atoms with Crippen molar-refractivity contribution in [2.24, 2.45) is 0 Å². The number of nitrogens with one attached hydrogen (secondary N) is 1. The first-order valence-corrected chi connectivity index (χ1v) is 4.35. The Kier molecular flexibility index (Phi) is 2.53. The lowest BCUT2D eigenvalue weighted by atomic mass is 10.3. The van der Waals surface area contributed by atoms with E-state index in [1.807, 2.05) is 0 Å². The molecule has 0 amide bonds. The summed E-state index contributed by atoms with van der Waals surface area (Å²) in [6.45, 7) is 0.421. The molecule has 0 saturated heterocycles. The van der Waals surface area contributed by atoms with Crippen molar-refractivity contribution < 1.29 is 13.9 Å². The molecule has 0 atom stereocenters. The zero-order valence-electron chi connectivity index (χ0n) is 7.77. The van der Waals surface area contributed by atoms with Gasteiger partial charge in [-0.05, 0) is 12.1 Å². The van der Waals surface area contributed by atoms with Gasteiger partial charge in [-0.2, -0.15) is 0 Å². The topological polar surface area (TPSA) is 58.3 Å². The van der Waals surface area contributed by atoms with Crippen molar-refractivity contribution in [3.05, 3.63) is 42.4 Å². The molecule has 0 aliphatic heterocycles. The standard InChI is InChI=1S/C10H9FN2O2/c11-9-3-7(1-2-10(9)14)13-5-8-4-12-6-15-8/h1-4,6,13-14H,5H2. The Labute approximate surface area is 85.4 Å². The summed E-state index contributed by atoms with van der Waals surface area (Å²) in [7, 11) is 0. The lowest BCUT2D eigenvalue weighted by molar-refractivity contribution is 0.432. The fraction of sp³-hybridized carbons (Fsp3) is 0.100. The van der Waals surface area contributed by atoms with Crippen molar-refractivity contribution >= 4 is 5.69 Å². The third kappa shape index (κ3) is 2.25. The predicted octanol–water partition coefficient (Wildman–Crippen LogP) is 2.13. The van der Waals surface area contributed by atoms with E-state index < -0.39 is 5.82 Å². The normalized spacial score (nSPS) is 10.2. The molecule has 2 rings (SSSR count). The number of hydrogen-bond acceptors (Lipinski definition) is 4. The van der Waals surface area contributed by atoms with Gasteiger partial charge in [-0.3, -0.25) is 0 Å². The number of oxazole rings is 1. The molecule has 0 saturated carbocycles. The van der Waals surface area contributed by atoms with Gasteiger partial charge in [0.15, 0.2) is 18.0 Å². The first-order valence-electron chi connectivity index (χ1n) is 4.35. The van der Waals surface area contributed by atoms with E-state index in [-0.39, 0.29) is 5.75 Å². The highest BCUT2D eigenvalue weighted by atomic mass is 19.1. The van der Waals surface area contributed by atoms with Gasteiger partial charge in [0, 0.05) is 11.8 Å². The largest absolute Gasteiger partial charge is 0.505 e. The van der Waals surface area contributed by atoms with E-state index in [1.165, 1.54) is 18.5 Å². The lowest BCUT2D eigenvalue weighted by Crippen LogP contribution is -1.98. The van der Waals surface area contributed by atoms with Crippen LogP contribution in [0.2, 0.25) is 0 Å². The van der Waals surface area contributed by atoms with Crippen LogP contribution in [0.15, 0.2) is 35.2 Å². The van der Waals surface area contributed by atoms with Crippen LogP contribution >= 0.6 is 0 Å². The maximum Gasteiger partial charge on any atom is 0.180 e. The Balaban J connectivity index is 2.02. The Morgan fingerprint density at radius 1 is 1.47 bits per heavy atom. The van der Waals surface area contributed by atoms with Crippen molar-refractivity contribution in [3.63, 3.8) is 0 Å². The summed E-state index contributed by atoms with van der Waals surface area (Å²) in [4.78, 5) is 3.75. The van der Waals surface area contributed by atoms with Gasteiger partial charge in [-0.15, -0.1) is 0 Å². The first kappa shape index (κ1) is 9.51. The Bertz CT molecular complexity index is 443. The van der Waals surface area contributed by atoms with Crippen molar-refractivity contribution in [1.82, 2.24) is 4.98 Å². The molecule has 0 aliphatic rings.